The van der Waals surface area contributed by atoms with E-state index in [0.29, 0.717) is 31.4 Å². The molecule has 41 heavy (non-hydrogen) atoms. The van der Waals surface area contributed by atoms with Gasteiger partial charge in [-0.05, 0) is 78.3 Å². The molecule has 0 spiro atoms. The van der Waals surface area contributed by atoms with E-state index in [-0.39, 0.29) is 11.4 Å². The number of hydrogen-bond acceptors (Lipinski definition) is 6. The molecule has 0 aromatic heterocycles. The second kappa shape index (κ2) is 13.6. The smallest absolute Gasteiger partial charge is 0.347 e. The van der Waals surface area contributed by atoms with E-state index in [1.54, 1.807) is 0 Å². The monoisotopic (exact) mass is 562 g/mol. The van der Waals surface area contributed by atoms with Crippen molar-refractivity contribution in [3.63, 3.8) is 0 Å². The Morgan fingerprint density at radius 1 is 0.951 bits per heavy atom. The Morgan fingerprint density at radius 2 is 1.61 bits per heavy atom. The van der Waals surface area contributed by atoms with E-state index in [2.05, 4.69) is 43.1 Å². The first kappa shape index (κ1) is 29.9. The number of nitrogens with zero attached hydrogens (tertiary/aromatic N) is 1. The van der Waals surface area contributed by atoms with Gasteiger partial charge in [-0.3, -0.25) is 0 Å². The molecule has 2 aromatic carbocycles. The largest absolute Gasteiger partial charge is 0.492 e. The first-order chi connectivity index (χ1) is 19.8. The SMILES string of the molecule is CCOC(=O)[C@H](Cc1ccc(OCCNC2C3CN(CC4CCCCC4)C[C@@H]32)cc1)Oc1ccc(C(C)(C)C)cc1. The molecule has 5 rings (SSSR count). The normalized spacial score (nSPS) is 23.6. The summed E-state index contributed by atoms with van der Waals surface area (Å²) in [7, 11) is 0. The van der Waals surface area contributed by atoms with Crippen molar-refractivity contribution >= 4 is 5.97 Å². The van der Waals surface area contributed by atoms with Crippen LogP contribution in [0.4, 0.5) is 0 Å². The zero-order valence-corrected chi connectivity index (χ0v) is 25.6. The standard InChI is InChI=1S/C35H50N2O4/c1-5-39-34(38)32(41-29-17-13-27(14-18-29)35(2,3)4)21-25-11-15-28(16-12-25)40-20-19-36-33-30-23-37(24-31(30)33)22-26-9-7-6-8-10-26/h11-18,26,30-33,36H,5-10,19-24H2,1-4H3/t30-,31?,32-,33?/m0/s1. The maximum absolute atomic E-state index is 12.7. The van der Waals surface area contributed by atoms with Crippen LogP contribution in [0.2, 0.25) is 0 Å². The summed E-state index contributed by atoms with van der Waals surface area (Å²) in [6.45, 7) is 14.1. The second-order valence-corrected chi connectivity index (χ2v) is 13.4. The van der Waals surface area contributed by atoms with Crippen molar-refractivity contribution in [1.29, 1.82) is 0 Å². The molecular formula is C35H50N2O4. The van der Waals surface area contributed by atoms with Gasteiger partial charge in [-0.15, -0.1) is 0 Å². The van der Waals surface area contributed by atoms with Gasteiger partial charge < -0.3 is 24.4 Å². The Kier molecular flexibility index (Phi) is 9.92. The van der Waals surface area contributed by atoms with E-state index in [0.717, 1.165) is 35.6 Å². The van der Waals surface area contributed by atoms with Gasteiger partial charge in [0.15, 0.2) is 6.10 Å². The highest BCUT2D eigenvalue weighted by Crippen LogP contribution is 2.46. The molecule has 4 atom stereocenters. The number of rotatable bonds is 13. The molecule has 3 aliphatic rings. The molecule has 1 heterocycles. The molecule has 224 valence electrons. The van der Waals surface area contributed by atoms with Crippen molar-refractivity contribution < 1.29 is 19.0 Å². The number of ether oxygens (including phenoxy) is 3. The molecule has 1 saturated heterocycles. The summed E-state index contributed by atoms with van der Waals surface area (Å²) in [4.78, 5) is 15.4. The Bertz CT molecular complexity index is 1090. The van der Waals surface area contributed by atoms with Crippen LogP contribution in [0, 0.1) is 17.8 Å². The summed E-state index contributed by atoms with van der Waals surface area (Å²) in [5.74, 6) is 3.78. The summed E-state index contributed by atoms with van der Waals surface area (Å²) in [5.41, 5.74) is 2.29. The number of benzene rings is 2. The van der Waals surface area contributed by atoms with Gasteiger partial charge in [0, 0.05) is 38.6 Å². The van der Waals surface area contributed by atoms with Crippen LogP contribution < -0.4 is 14.8 Å². The van der Waals surface area contributed by atoms with Crippen molar-refractivity contribution in [3.8, 4) is 11.5 Å². The minimum absolute atomic E-state index is 0.0611. The fourth-order valence-electron chi connectivity index (χ4n) is 6.74. The van der Waals surface area contributed by atoms with Crippen LogP contribution in [0.3, 0.4) is 0 Å². The topological polar surface area (TPSA) is 60.0 Å². The van der Waals surface area contributed by atoms with Crippen LogP contribution in [0.25, 0.3) is 0 Å². The third kappa shape index (κ3) is 8.26. The molecular weight excluding hydrogens is 512 g/mol. The lowest BCUT2D eigenvalue weighted by atomic mass is 9.87. The molecule has 2 aromatic rings. The Labute approximate surface area is 247 Å². The fraction of sp³-hybridized carbons (Fsp3) is 0.629. The van der Waals surface area contributed by atoms with Crippen LogP contribution in [0.5, 0.6) is 11.5 Å². The van der Waals surface area contributed by atoms with E-state index >= 15 is 0 Å². The highest BCUT2D eigenvalue weighted by atomic mass is 16.6. The molecule has 3 fully saturated rings. The van der Waals surface area contributed by atoms with Gasteiger partial charge in [-0.25, -0.2) is 4.79 Å². The highest BCUT2D eigenvalue weighted by Gasteiger charge is 2.55. The molecule has 6 nitrogen and oxygen atoms in total. The summed E-state index contributed by atoms with van der Waals surface area (Å²) in [6.07, 6.45) is 6.93. The van der Waals surface area contributed by atoms with Gasteiger partial charge in [0.2, 0.25) is 0 Å². The first-order valence-corrected chi connectivity index (χ1v) is 15.9. The molecule has 0 amide bonds. The lowest BCUT2D eigenvalue weighted by Gasteiger charge is -2.28. The highest BCUT2D eigenvalue weighted by molar-refractivity contribution is 5.75. The Hall–Kier alpha value is -2.57. The Balaban J connectivity index is 1.03. The fourth-order valence-corrected chi connectivity index (χ4v) is 6.74. The van der Waals surface area contributed by atoms with Crippen molar-refractivity contribution in [2.45, 2.75) is 83.8 Å². The maximum Gasteiger partial charge on any atom is 0.347 e. The molecule has 1 aliphatic heterocycles. The van der Waals surface area contributed by atoms with E-state index in [9.17, 15) is 4.79 Å². The quantitative estimate of drug-likeness (QED) is 0.238. The first-order valence-electron chi connectivity index (χ1n) is 15.9. The van der Waals surface area contributed by atoms with E-state index in [4.69, 9.17) is 14.2 Å². The lowest BCUT2D eigenvalue weighted by Crippen LogP contribution is -2.36. The molecule has 2 saturated carbocycles. The van der Waals surface area contributed by atoms with Crippen molar-refractivity contribution in [1.82, 2.24) is 10.2 Å². The molecule has 6 heteroatoms. The average molecular weight is 563 g/mol. The van der Waals surface area contributed by atoms with E-state index < -0.39 is 6.10 Å². The number of esters is 1. The maximum atomic E-state index is 12.7. The molecule has 1 N–H and O–H groups in total. The summed E-state index contributed by atoms with van der Waals surface area (Å²) in [6, 6.07) is 16.6. The number of likely N-dealkylation sites (tertiary alicyclic amines) is 1. The molecule has 0 radical (unpaired) electrons. The summed E-state index contributed by atoms with van der Waals surface area (Å²) in [5, 5.41) is 3.73. The van der Waals surface area contributed by atoms with Crippen LogP contribution in [0.1, 0.15) is 70.9 Å². The average Bonchev–Trinajstić information content (AvgIpc) is 3.41. The zero-order valence-electron chi connectivity index (χ0n) is 25.6. The van der Waals surface area contributed by atoms with E-state index in [1.165, 1.54) is 57.3 Å². The Morgan fingerprint density at radius 3 is 2.24 bits per heavy atom. The van der Waals surface area contributed by atoms with Crippen LogP contribution >= 0.6 is 0 Å². The van der Waals surface area contributed by atoms with Crippen molar-refractivity contribution in [3.05, 3.63) is 59.7 Å². The van der Waals surface area contributed by atoms with Gasteiger partial charge >= 0.3 is 5.97 Å². The van der Waals surface area contributed by atoms with Crippen molar-refractivity contribution in [2.75, 3.05) is 39.4 Å². The second-order valence-electron chi connectivity index (χ2n) is 13.4. The van der Waals surface area contributed by atoms with Crippen LogP contribution in [0.15, 0.2) is 48.5 Å². The third-order valence-corrected chi connectivity index (χ3v) is 9.15. The third-order valence-electron chi connectivity index (χ3n) is 9.15. The predicted octanol–water partition coefficient (Wildman–Crippen LogP) is 6.02. The van der Waals surface area contributed by atoms with E-state index in [1.807, 2.05) is 43.3 Å². The molecule has 0 bridgehead atoms. The minimum atomic E-state index is -0.706. The molecule has 2 aliphatic carbocycles. The minimum Gasteiger partial charge on any atom is -0.492 e. The van der Waals surface area contributed by atoms with Gasteiger partial charge in [-0.2, -0.15) is 0 Å². The van der Waals surface area contributed by atoms with Gasteiger partial charge in [0.05, 0.1) is 6.61 Å². The van der Waals surface area contributed by atoms with Crippen LogP contribution in [-0.2, 0) is 21.4 Å². The summed E-state index contributed by atoms with van der Waals surface area (Å²) >= 11 is 0. The van der Waals surface area contributed by atoms with Gasteiger partial charge in [0.1, 0.15) is 18.1 Å². The summed E-state index contributed by atoms with van der Waals surface area (Å²) < 4.78 is 17.4. The number of piperidine rings is 1. The number of carbonyl (C=O) groups is 1. The van der Waals surface area contributed by atoms with Gasteiger partial charge in [-0.1, -0.05) is 64.3 Å². The lowest BCUT2D eigenvalue weighted by molar-refractivity contribution is -0.151. The number of nitrogens with one attached hydrogen (secondary N) is 1. The van der Waals surface area contributed by atoms with Gasteiger partial charge in [0.25, 0.3) is 0 Å². The number of hydrogen-bond donors (Lipinski definition) is 1. The number of carbonyl (C=O) groups excluding carboxylic acids is 1. The molecule has 2 unspecified atom stereocenters. The number of fused-ring (bicyclic) bond motifs is 1. The van der Waals surface area contributed by atoms with Crippen LogP contribution in [-0.4, -0.2) is 62.4 Å². The predicted molar refractivity (Wildman–Crippen MR) is 164 cm³/mol. The van der Waals surface area contributed by atoms with Crippen molar-refractivity contribution in [2.24, 2.45) is 17.8 Å². The zero-order chi connectivity index (χ0) is 28.8.